The summed E-state index contributed by atoms with van der Waals surface area (Å²) < 4.78 is 0. The maximum atomic E-state index is 12.0. The number of Topliss-reactive ketones (excluding diaryl/α,β-unsaturated/α-hetero) is 1. The van der Waals surface area contributed by atoms with Crippen LogP contribution in [0.4, 0.5) is 0 Å². The van der Waals surface area contributed by atoms with E-state index in [4.69, 9.17) is 0 Å². The smallest absolute Gasteiger partial charge is 0.215 e. The minimum Gasteiger partial charge on any atom is -0.287 e. The molecule has 0 bridgehead atoms. The van der Waals surface area contributed by atoms with Crippen LogP contribution in [-0.2, 0) is 5.21 Å². The van der Waals surface area contributed by atoms with Gasteiger partial charge in [-0.3, -0.25) is 4.79 Å². The molecule has 2 rings (SSSR count). The largest absolute Gasteiger partial charge is 0.287 e. The zero-order chi connectivity index (χ0) is 12.1. The van der Waals surface area contributed by atoms with Gasteiger partial charge < -0.3 is 0 Å². The van der Waals surface area contributed by atoms with Crippen molar-refractivity contribution in [1.82, 2.24) is 0 Å². The Labute approximate surface area is 99.0 Å². The van der Waals surface area contributed by atoms with Crippen molar-refractivity contribution in [3.8, 4) is 0 Å². The van der Waals surface area contributed by atoms with Crippen molar-refractivity contribution in [3.05, 3.63) is 71.8 Å². The molecule has 1 radical (unpaired) electrons. The van der Waals surface area contributed by atoms with E-state index >= 15 is 0 Å². The molecule has 2 aromatic carbocycles. The fourth-order valence-corrected chi connectivity index (χ4v) is 1.55. The molecule has 0 aliphatic heterocycles. The van der Waals surface area contributed by atoms with E-state index in [2.05, 4.69) is 5.16 Å². The van der Waals surface area contributed by atoms with Gasteiger partial charge in [0.1, 0.15) is 0 Å². The van der Waals surface area contributed by atoms with Crippen molar-refractivity contribution < 1.29 is 10.0 Å². The quantitative estimate of drug-likeness (QED) is 0.449. The first kappa shape index (κ1) is 11.1. The number of nitrogens with zero attached hydrogens (tertiary/aromatic N) is 1. The van der Waals surface area contributed by atoms with Gasteiger partial charge in [0.2, 0.25) is 5.78 Å². The molecular weight excluding hydrogens is 214 g/mol. The number of carbonyl (C=O) groups is 1. The van der Waals surface area contributed by atoms with Crippen LogP contribution in [0.15, 0.2) is 65.8 Å². The summed E-state index contributed by atoms with van der Waals surface area (Å²) >= 11 is 0. The van der Waals surface area contributed by atoms with Crippen molar-refractivity contribution in [2.24, 2.45) is 5.16 Å². The van der Waals surface area contributed by atoms with Gasteiger partial charge in [0.05, 0.1) is 0 Å². The van der Waals surface area contributed by atoms with E-state index in [1.165, 1.54) is 0 Å². The van der Waals surface area contributed by atoms with Gasteiger partial charge in [0.25, 0.3) is 0 Å². The molecule has 0 fully saturated rings. The van der Waals surface area contributed by atoms with Crippen LogP contribution >= 0.6 is 0 Å². The van der Waals surface area contributed by atoms with Crippen LogP contribution in [0.2, 0.25) is 0 Å². The van der Waals surface area contributed by atoms with Gasteiger partial charge in [-0.25, -0.2) is 0 Å². The van der Waals surface area contributed by atoms with Crippen molar-refractivity contribution in [3.63, 3.8) is 0 Å². The first-order valence-corrected chi connectivity index (χ1v) is 5.18. The third-order valence-electron chi connectivity index (χ3n) is 2.39. The molecule has 3 nitrogen and oxygen atoms in total. The van der Waals surface area contributed by atoms with Crippen LogP contribution in [0.1, 0.15) is 15.9 Å². The minimum absolute atomic E-state index is 0.0585. The van der Waals surface area contributed by atoms with E-state index in [0.29, 0.717) is 11.1 Å². The van der Waals surface area contributed by atoms with E-state index in [1.54, 1.807) is 48.5 Å². The topological polar surface area (TPSA) is 49.3 Å². The second-order valence-corrected chi connectivity index (χ2v) is 3.50. The highest BCUT2D eigenvalue weighted by Crippen LogP contribution is 2.08. The fraction of sp³-hybridized carbons (Fsp3) is 0. The van der Waals surface area contributed by atoms with Crippen molar-refractivity contribution in [2.45, 2.75) is 0 Å². The van der Waals surface area contributed by atoms with Crippen LogP contribution in [0.5, 0.6) is 0 Å². The molecule has 0 atom stereocenters. The van der Waals surface area contributed by atoms with Crippen LogP contribution in [0.25, 0.3) is 0 Å². The second-order valence-electron chi connectivity index (χ2n) is 3.50. The molecule has 0 saturated carbocycles. The molecule has 0 saturated heterocycles. The molecule has 3 heteroatoms. The Balaban J connectivity index is 2.37. The molecule has 2 aromatic rings. The predicted octanol–water partition coefficient (Wildman–Crippen LogP) is 2.70. The van der Waals surface area contributed by atoms with Crippen molar-refractivity contribution in [1.29, 1.82) is 0 Å². The Bertz CT molecular complexity index is 533. The summed E-state index contributed by atoms with van der Waals surface area (Å²) in [5, 5.41) is 13.7. The average molecular weight is 224 g/mol. The first-order valence-electron chi connectivity index (χ1n) is 5.18. The molecule has 17 heavy (non-hydrogen) atoms. The maximum Gasteiger partial charge on any atom is 0.215 e. The SMILES string of the molecule is [O]/N=C(\C(=O)c1ccccc1)c1ccccc1. The zero-order valence-electron chi connectivity index (χ0n) is 9.04. The Hall–Kier alpha value is -2.42. The van der Waals surface area contributed by atoms with Gasteiger partial charge in [-0.2, -0.15) is 0 Å². The molecule has 0 unspecified atom stereocenters. The lowest BCUT2D eigenvalue weighted by Crippen LogP contribution is -2.15. The van der Waals surface area contributed by atoms with Crippen molar-refractivity contribution in [2.75, 3.05) is 0 Å². The van der Waals surface area contributed by atoms with Gasteiger partial charge in [0.15, 0.2) is 5.71 Å². The third kappa shape index (κ3) is 2.39. The van der Waals surface area contributed by atoms with Gasteiger partial charge in [-0.1, -0.05) is 60.7 Å². The fourth-order valence-electron chi connectivity index (χ4n) is 1.55. The molecule has 0 aliphatic carbocycles. The average Bonchev–Trinajstić information content (AvgIpc) is 2.42. The Morgan fingerprint density at radius 3 is 1.71 bits per heavy atom. The standard InChI is InChI=1S/C14H10NO2/c16-14(12-9-5-2-6-10-12)13(15-17)11-7-3-1-4-8-11/h1-10H/b15-13-. The Morgan fingerprint density at radius 2 is 1.24 bits per heavy atom. The number of ketones is 1. The number of hydrogen-bond acceptors (Lipinski definition) is 2. The van der Waals surface area contributed by atoms with Crippen LogP contribution in [0, 0.1) is 0 Å². The number of benzene rings is 2. The highest BCUT2D eigenvalue weighted by atomic mass is 16.4. The van der Waals surface area contributed by atoms with E-state index in [9.17, 15) is 10.0 Å². The number of rotatable bonds is 3. The summed E-state index contributed by atoms with van der Waals surface area (Å²) in [6, 6.07) is 17.4. The minimum atomic E-state index is -0.355. The summed E-state index contributed by atoms with van der Waals surface area (Å²) in [5.41, 5.74) is 0.944. The molecule has 0 spiro atoms. The first-order chi connectivity index (χ1) is 8.33. The van der Waals surface area contributed by atoms with E-state index in [1.807, 2.05) is 12.1 Å². The highest BCUT2D eigenvalue weighted by Gasteiger charge is 2.16. The van der Waals surface area contributed by atoms with E-state index < -0.39 is 0 Å². The molecular formula is C14H10NO2. The lowest BCUT2D eigenvalue weighted by atomic mass is 10.0. The Kier molecular flexibility index (Phi) is 3.31. The van der Waals surface area contributed by atoms with Crippen LogP contribution in [-0.4, -0.2) is 11.5 Å². The maximum absolute atomic E-state index is 12.0. The number of carbonyl (C=O) groups excluding carboxylic acids is 1. The van der Waals surface area contributed by atoms with E-state index in [-0.39, 0.29) is 11.5 Å². The molecule has 0 amide bonds. The predicted molar refractivity (Wildman–Crippen MR) is 64.4 cm³/mol. The summed E-state index contributed by atoms with van der Waals surface area (Å²) in [6.45, 7) is 0. The zero-order valence-corrected chi connectivity index (χ0v) is 9.04. The Morgan fingerprint density at radius 1 is 0.765 bits per heavy atom. The van der Waals surface area contributed by atoms with E-state index in [0.717, 1.165) is 0 Å². The van der Waals surface area contributed by atoms with Gasteiger partial charge in [-0.15, -0.1) is 5.21 Å². The van der Waals surface area contributed by atoms with Crippen LogP contribution < -0.4 is 0 Å². The third-order valence-corrected chi connectivity index (χ3v) is 2.39. The summed E-state index contributed by atoms with van der Waals surface area (Å²) in [6.07, 6.45) is 0. The van der Waals surface area contributed by atoms with Gasteiger partial charge in [-0.05, 0) is 5.16 Å². The summed E-state index contributed by atoms with van der Waals surface area (Å²) in [7, 11) is 0. The molecule has 0 aromatic heterocycles. The van der Waals surface area contributed by atoms with Crippen LogP contribution in [0.3, 0.4) is 0 Å². The second kappa shape index (κ2) is 5.07. The normalized spacial score (nSPS) is 11.2. The number of hydrogen-bond donors (Lipinski definition) is 0. The molecule has 0 aliphatic rings. The lowest BCUT2D eigenvalue weighted by Gasteiger charge is -2.02. The molecule has 0 heterocycles. The molecule has 83 valence electrons. The monoisotopic (exact) mass is 224 g/mol. The van der Waals surface area contributed by atoms with Crippen molar-refractivity contribution >= 4 is 11.5 Å². The summed E-state index contributed by atoms with van der Waals surface area (Å²) in [5.74, 6) is -0.355. The van der Waals surface area contributed by atoms with Gasteiger partial charge in [0, 0.05) is 11.1 Å². The summed E-state index contributed by atoms with van der Waals surface area (Å²) in [4.78, 5) is 12.0. The van der Waals surface area contributed by atoms with Gasteiger partial charge >= 0.3 is 0 Å². The highest BCUT2D eigenvalue weighted by molar-refractivity contribution is 6.51. The molecule has 0 N–H and O–H groups in total. The lowest BCUT2D eigenvalue weighted by molar-refractivity contribution is 0.105.